The zero-order chi connectivity index (χ0) is 17.9. The van der Waals surface area contributed by atoms with E-state index in [9.17, 15) is 4.79 Å². The van der Waals surface area contributed by atoms with Crippen molar-refractivity contribution in [3.05, 3.63) is 60.2 Å². The van der Waals surface area contributed by atoms with Crippen LogP contribution in [0, 0.1) is 5.92 Å². The van der Waals surface area contributed by atoms with Gasteiger partial charge in [0.15, 0.2) is 0 Å². The maximum absolute atomic E-state index is 13.2. The first-order chi connectivity index (χ1) is 12.8. The Kier molecular flexibility index (Phi) is 4.83. The van der Waals surface area contributed by atoms with E-state index in [4.69, 9.17) is 4.74 Å². The van der Waals surface area contributed by atoms with E-state index in [-0.39, 0.29) is 5.92 Å². The van der Waals surface area contributed by atoms with Crippen LogP contribution in [0.2, 0.25) is 0 Å². The number of para-hydroxylation sites is 2. The topological polar surface area (TPSA) is 32.8 Å². The molecular weight excluding hydrogens is 324 g/mol. The van der Waals surface area contributed by atoms with E-state index >= 15 is 0 Å². The number of piperazine rings is 1. The molecule has 0 spiro atoms. The fraction of sp³-hybridized carbons (Fsp3) is 0.409. The lowest BCUT2D eigenvalue weighted by atomic mass is 9.92. The summed E-state index contributed by atoms with van der Waals surface area (Å²) in [5, 5.41) is 0. The molecule has 0 N–H and O–H groups in total. The average Bonchev–Trinajstić information content (AvgIpc) is 3.54. The van der Waals surface area contributed by atoms with E-state index in [2.05, 4.69) is 28.0 Å². The van der Waals surface area contributed by atoms with Crippen molar-refractivity contribution in [3.63, 3.8) is 0 Å². The molecule has 1 unspecified atom stereocenters. The van der Waals surface area contributed by atoms with Gasteiger partial charge in [0.05, 0.1) is 18.7 Å². The van der Waals surface area contributed by atoms with Crippen LogP contribution in [-0.2, 0) is 4.79 Å². The van der Waals surface area contributed by atoms with Crippen LogP contribution >= 0.6 is 0 Å². The van der Waals surface area contributed by atoms with Gasteiger partial charge in [-0.3, -0.25) is 4.79 Å². The van der Waals surface area contributed by atoms with Crippen LogP contribution in [0.4, 0.5) is 5.69 Å². The molecule has 1 atom stereocenters. The molecule has 2 aliphatic rings. The second-order valence-electron chi connectivity index (χ2n) is 7.21. The molecule has 4 rings (SSSR count). The highest BCUT2D eigenvalue weighted by Crippen LogP contribution is 2.43. The molecule has 0 bridgehead atoms. The fourth-order valence-corrected chi connectivity index (χ4v) is 3.96. The number of carbonyl (C=O) groups excluding carboxylic acids is 1. The predicted molar refractivity (Wildman–Crippen MR) is 104 cm³/mol. The standard InChI is InChI=1S/C22H26N2O2/c1-26-20-10-6-5-9-19(20)23-13-15-24(16-14-23)22(25)21(18-11-12-18)17-7-3-2-4-8-17/h2-10,18,21H,11-16H2,1H3. The number of hydrogen-bond donors (Lipinski definition) is 0. The minimum atomic E-state index is 0.0361. The SMILES string of the molecule is COc1ccccc1N1CCN(C(=O)C(c2ccccc2)C2CC2)CC1. The van der Waals surface area contributed by atoms with E-state index in [0.29, 0.717) is 11.8 Å². The zero-order valence-electron chi connectivity index (χ0n) is 15.3. The summed E-state index contributed by atoms with van der Waals surface area (Å²) in [6.07, 6.45) is 2.35. The Balaban J connectivity index is 1.45. The Hall–Kier alpha value is -2.49. The molecule has 1 saturated heterocycles. The summed E-state index contributed by atoms with van der Waals surface area (Å²) in [5.41, 5.74) is 2.29. The quantitative estimate of drug-likeness (QED) is 0.827. The molecule has 0 radical (unpaired) electrons. The first kappa shape index (κ1) is 17.0. The second kappa shape index (κ2) is 7.40. The lowest BCUT2D eigenvalue weighted by Gasteiger charge is -2.38. The van der Waals surface area contributed by atoms with Crippen molar-refractivity contribution < 1.29 is 9.53 Å². The largest absolute Gasteiger partial charge is 0.495 e. The summed E-state index contributed by atoms with van der Waals surface area (Å²) in [7, 11) is 1.71. The molecule has 1 amide bonds. The summed E-state index contributed by atoms with van der Waals surface area (Å²) in [6, 6.07) is 18.4. The highest BCUT2D eigenvalue weighted by atomic mass is 16.5. The van der Waals surface area contributed by atoms with Crippen LogP contribution < -0.4 is 9.64 Å². The summed E-state index contributed by atoms with van der Waals surface area (Å²) >= 11 is 0. The molecule has 1 saturated carbocycles. The van der Waals surface area contributed by atoms with Crippen LogP contribution in [0.5, 0.6) is 5.75 Å². The smallest absolute Gasteiger partial charge is 0.230 e. The summed E-state index contributed by atoms with van der Waals surface area (Å²) in [5.74, 6) is 1.76. The van der Waals surface area contributed by atoms with Crippen molar-refractivity contribution in [1.29, 1.82) is 0 Å². The van der Waals surface area contributed by atoms with Gasteiger partial charge in [-0.05, 0) is 36.5 Å². The van der Waals surface area contributed by atoms with Gasteiger partial charge in [-0.25, -0.2) is 0 Å². The second-order valence-corrected chi connectivity index (χ2v) is 7.21. The number of carbonyl (C=O) groups is 1. The number of nitrogens with zero attached hydrogens (tertiary/aromatic N) is 2. The predicted octanol–water partition coefficient (Wildman–Crippen LogP) is 3.54. The molecule has 136 valence electrons. The van der Waals surface area contributed by atoms with E-state index in [1.54, 1.807) is 7.11 Å². The van der Waals surface area contributed by atoms with E-state index < -0.39 is 0 Å². The molecule has 26 heavy (non-hydrogen) atoms. The third kappa shape index (κ3) is 3.41. The van der Waals surface area contributed by atoms with Gasteiger partial charge in [0.2, 0.25) is 5.91 Å². The zero-order valence-corrected chi connectivity index (χ0v) is 15.3. The Labute approximate surface area is 155 Å². The number of ether oxygens (including phenoxy) is 1. The minimum absolute atomic E-state index is 0.0361. The Morgan fingerprint density at radius 2 is 1.62 bits per heavy atom. The van der Waals surface area contributed by atoms with Gasteiger partial charge < -0.3 is 14.5 Å². The number of rotatable bonds is 5. The highest BCUT2D eigenvalue weighted by Gasteiger charge is 2.39. The number of amides is 1. The van der Waals surface area contributed by atoms with Crippen molar-refractivity contribution in [3.8, 4) is 5.75 Å². The molecule has 2 aromatic rings. The van der Waals surface area contributed by atoms with Crippen molar-refractivity contribution in [2.45, 2.75) is 18.8 Å². The minimum Gasteiger partial charge on any atom is -0.495 e. The van der Waals surface area contributed by atoms with Crippen molar-refractivity contribution in [2.24, 2.45) is 5.92 Å². The lowest BCUT2D eigenvalue weighted by molar-refractivity contribution is -0.133. The maximum Gasteiger partial charge on any atom is 0.230 e. The Bertz CT molecular complexity index is 750. The fourth-order valence-electron chi connectivity index (χ4n) is 3.96. The van der Waals surface area contributed by atoms with Crippen LogP contribution in [0.1, 0.15) is 24.3 Å². The van der Waals surface area contributed by atoms with Gasteiger partial charge in [-0.15, -0.1) is 0 Å². The molecule has 1 heterocycles. The third-order valence-electron chi connectivity index (χ3n) is 5.54. The highest BCUT2D eigenvalue weighted by molar-refractivity contribution is 5.85. The first-order valence-corrected chi connectivity index (χ1v) is 9.49. The third-order valence-corrected chi connectivity index (χ3v) is 5.54. The Morgan fingerprint density at radius 3 is 2.27 bits per heavy atom. The molecule has 0 aromatic heterocycles. The van der Waals surface area contributed by atoms with Gasteiger partial charge in [-0.2, -0.15) is 0 Å². The van der Waals surface area contributed by atoms with Crippen LogP contribution in [0.3, 0.4) is 0 Å². The molecule has 1 aliphatic heterocycles. The number of anilines is 1. The normalized spacial score (nSPS) is 18.5. The van der Waals surface area contributed by atoms with Gasteiger partial charge in [-0.1, -0.05) is 42.5 Å². The molecular formula is C22H26N2O2. The summed E-state index contributed by atoms with van der Waals surface area (Å²) in [6.45, 7) is 3.23. The molecule has 2 aromatic carbocycles. The average molecular weight is 350 g/mol. The van der Waals surface area contributed by atoms with E-state index in [0.717, 1.165) is 37.6 Å². The van der Waals surface area contributed by atoms with E-state index in [1.807, 2.05) is 36.4 Å². The van der Waals surface area contributed by atoms with Crippen LogP contribution in [-0.4, -0.2) is 44.1 Å². The first-order valence-electron chi connectivity index (χ1n) is 9.49. The van der Waals surface area contributed by atoms with Gasteiger partial charge in [0, 0.05) is 26.2 Å². The molecule has 1 aliphatic carbocycles. The maximum atomic E-state index is 13.2. The van der Waals surface area contributed by atoms with Crippen molar-refractivity contribution in [2.75, 3.05) is 38.2 Å². The monoisotopic (exact) mass is 350 g/mol. The number of hydrogen-bond acceptors (Lipinski definition) is 3. The number of benzene rings is 2. The summed E-state index contributed by atoms with van der Waals surface area (Å²) in [4.78, 5) is 17.6. The molecule has 2 fully saturated rings. The van der Waals surface area contributed by atoms with Gasteiger partial charge in [0.25, 0.3) is 0 Å². The molecule has 4 nitrogen and oxygen atoms in total. The number of methoxy groups -OCH3 is 1. The van der Waals surface area contributed by atoms with Gasteiger partial charge in [0.1, 0.15) is 5.75 Å². The van der Waals surface area contributed by atoms with Crippen LogP contribution in [0.25, 0.3) is 0 Å². The summed E-state index contributed by atoms with van der Waals surface area (Å²) < 4.78 is 5.49. The van der Waals surface area contributed by atoms with E-state index in [1.165, 1.54) is 18.4 Å². The Morgan fingerprint density at radius 1 is 0.962 bits per heavy atom. The van der Waals surface area contributed by atoms with Crippen LogP contribution in [0.15, 0.2) is 54.6 Å². The lowest BCUT2D eigenvalue weighted by Crippen LogP contribution is -2.50. The molecule has 4 heteroatoms. The van der Waals surface area contributed by atoms with Crippen molar-refractivity contribution in [1.82, 2.24) is 4.90 Å². The van der Waals surface area contributed by atoms with Gasteiger partial charge >= 0.3 is 0 Å². The van der Waals surface area contributed by atoms with Crippen molar-refractivity contribution >= 4 is 11.6 Å².